The summed E-state index contributed by atoms with van der Waals surface area (Å²) in [5.74, 6) is -3.89. The topological polar surface area (TPSA) is 136 Å². The van der Waals surface area contributed by atoms with Crippen molar-refractivity contribution < 1.29 is 34.4 Å². The van der Waals surface area contributed by atoms with E-state index in [0.29, 0.717) is 43.4 Å². The standard InChI is InChI=1S/C25H28N2O7/c28-22-15-17-14-16(9-12-20(17)26-22)24(31)27(18-10-11-18)25(32,33)19-6-3-4-7-21(19)34-13-5-1-2-8-23(29)30/h3-4,6-7,9,12,14,18,32-33H,1-2,5,8,10-11,13,15H2,(H,26,28)(H,29,30). The molecule has 4 rings (SSSR count). The number of aliphatic carboxylic acids is 1. The monoisotopic (exact) mass is 468 g/mol. The summed E-state index contributed by atoms with van der Waals surface area (Å²) < 4.78 is 5.79. The van der Waals surface area contributed by atoms with Gasteiger partial charge in [-0.15, -0.1) is 0 Å². The van der Waals surface area contributed by atoms with Crippen LogP contribution < -0.4 is 10.1 Å². The van der Waals surface area contributed by atoms with Gasteiger partial charge in [0.25, 0.3) is 11.8 Å². The second-order valence-corrected chi connectivity index (χ2v) is 8.69. The van der Waals surface area contributed by atoms with Gasteiger partial charge in [-0.2, -0.15) is 0 Å². The molecule has 2 amide bonds. The van der Waals surface area contributed by atoms with Crippen molar-refractivity contribution in [2.45, 2.75) is 56.9 Å². The highest BCUT2D eigenvalue weighted by molar-refractivity contribution is 6.02. The number of nitrogens with zero attached hydrogens (tertiary/aromatic N) is 1. The molecule has 34 heavy (non-hydrogen) atoms. The second kappa shape index (κ2) is 9.82. The molecule has 0 radical (unpaired) electrons. The Morgan fingerprint density at radius 2 is 1.85 bits per heavy atom. The van der Waals surface area contributed by atoms with Crippen LogP contribution >= 0.6 is 0 Å². The highest BCUT2D eigenvalue weighted by atomic mass is 16.5. The molecular weight excluding hydrogens is 440 g/mol. The van der Waals surface area contributed by atoms with Crippen LogP contribution in [0.4, 0.5) is 5.69 Å². The molecule has 9 heteroatoms. The highest BCUT2D eigenvalue weighted by Gasteiger charge is 2.48. The van der Waals surface area contributed by atoms with Crippen molar-refractivity contribution in [3.8, 4) is 5.75 Å². The molecule has 1 saturated carbocycles. The molecule has 0 bridgehead atoms. The maximum atomic E-state index is 13.4. The number of unbranched alkanes of at least 4 members (excludes halogenated alkanes) is 2. The smallest absolute Gasteiger partial charge is 0.303 e. The maximum Gasteiger partial charge on any atom is 0.303 e. The van der Waals surface area contributed by atoms with Crippen LogP contribution in [0.3, 0.4) is 0 Å². The van der Waals surface area contributed by atoms with E-state index >= 15 is 0 Å². The first-order chi connectivity index (χ1) is 16.3. The number of hydrogen-bond acceptors (Lipinski definition) is 6. The second-order valence-electron chi connectivity index (χ2n) is 8.69. The minimum Gasteiger partial charge on any atom is -0.493 e. The zero-order chi connectivity index (χ0) is 24.3. The van der Waals surface area contributed by atoms with Crippen LogP contribution in [0.25, 0.3) is 0 Å². The van der Waals surface area contributed by atoms with Crippen molar-refractivity contribution in [1.29, 1.82) is 0 Å². The van der Waals surface area contributed by atoms with Gasteiger partial charge in [0.1, 0.15) is 5.75 Å². The molecular formula is C25H28N2O7. The van der Waals surface area contributed by atoms with Gasteiger partial charge < -0.3 is 25.4 Å². The fourth-order valence-corrected chi connectivity index (χ4v) is 4.13. The predicted octanol–water partition coefficient (Wildman–Crippen LogP) is 2.60. The number of carboxylic acids is 1. The van der Waals surface area contributed by atoms with Gasteiger partial charge in [-0.1, -0.05) is 12.1 Å². The molecule has 0 spiro atoms. The Kier molecular flexibility index (Phi) is 6.85. The van der Waals surface area contributed by atoms with Gasteiger partial charge in [-0.3, -0.25) is 19.3 Å². The van der Waals surface area contributed by atoms with Gasteiger partial charge in [0.05, 0.1) is 18.6 Å². The van der Waals surface area contributed by atoms with Crippen molar-refractivity contribution in [2.24, 2.45) is 0 Å². The van der Waals surface area contributed by atoms with Crippen LogP contribution in [0.1, 0.15) is 60.0 Å². The summed E-state index contributed by atoms with van der Waals surface area (Å²) in [7, 11) is 0. The van der Waals surface area contributed by atoms with E-state index in [2.05, 4.69) is 5.32 Å². The summed E-state index contributed by atoms with van der Waals surface area (Å²) in [6.45, 7) is 0.274. The van der Waals surface area contributed by atoms with E-state index in [4.69, 9.17) is 9.84 Å². The average Bonchev–Trinajstić information content (AvgIpc) is 3.54. The van der Waals surface area contributed by atoms with E-state index < -0.39 is 17.8 Å². The summed E-state index contributed by atoms with van der Waals surface area (Å²) in [6.07, 6.45) is 3.37. The van der Waals surface area contributed by atoms with Crippen molar-refractivity contribution in [2.75, 3.05) is 11.9 Å². The zero-order valence-corrected chi connectivity index (χ0v) is 18.7. The lowest BCUT2D eigenvalue weighted by molar-refractivity contribution is -0.259. The number of nitrogens with one attached hydrogen (secondary N) is 1. The third kappa shape index (κ3) is 5.21. The van der Waals surface area contributed by atoms with E-state index in [1.165, 1.54) is 6.07 Å². The molecule has 4 N–H and O–H groups in total. The Morgan fingerprint density at radius 1 is 1.09 bits per heavy atom. The summed E-state index contributed by atoms with van der Waals surface area (Å²) in [5.41, 5.74) is 1.67. The van der Waals surface area contributed by atoms with Gasteiger partial charge in [0.2, 0.25) is 5.91 Å². The van der Waals surface area contributed by atoms with Crippen molar-refractivity contribution in [3.63, 3.8) is 0 Å². The number of aliphatic hydroxyl groups is 2. The van der Waals surface area contributed by atoms with Gasteiger partial charge in [-0.05, 0) is 68.0 Å². The average molecular weight is 469 g/mol. The number of anilines is 1. The Bertz CT molecular complexity index is 1090. The first-order valence-corrected chi connectivity index (χ1v) is 11.4. The first kappa shape index (κ1) is 23.7. The fraction of sp³-hybridized carbons (Fsp3) is 0.400. The number of para-hydroxylation sites is 1. The molecule has 1 aliphatic carbocycles. The Hall–Kier alpha value is -3.43. The Labute approximate surface area is 197 Å². The maximum absolute atomic E-state index is 13.4. The minimum absolute atomic E-state index is 0.0544. The molecule has 0 saturated heterocycles. The van der Waals surface area contributed by atoms with Crippen LogP contribution in [0.15, 0.2) is 42.5 Å². The van der Waals surface area contributed by atoms with Crippen molar-refractivity contribution in [1.82, 2.24) is 4.90 Å². The van der Waals surface area contributed by atoms with E-state index in [-0.39, 0.29) is 48.3 Å². The molecule has 2 aliphatic rings. The number of rotatable bonds is 11. The van der Waals surface area contributed by atoms with Crippen LogP contribution in [-0.4, -0.2) is 50.7 Å². The quantitative estimate of drug-likeness (QED) is 0.294. The van der Waals surface area contributed by atoms with Gasteiger partial charge in [-0.25, -0.2) is 0 Å². The molecule has 0 atom stereocenters. The van der Waals surface area contributed by atoms with E-state index in [0.717, 1.165) is 4.90 Å². The third-order valence-corrected chi connectivity index (χ3v) is 5.98. The molecule has 1 aliphatic heterocycles. The lowest BCUT2D eigenvalue weighted by Gasteiger charge is -2.36. The van der Waals surface area contributed by atoms with Crippen LogP contribution in [-0.2, 0) is 21.9 Å². The predicted molar refractivity (Wildman–Crippen MR) is 122 cm³/mol. The molecule has 1 heterocycles. The lowest BCUT2D eigenvalue weighted by atomic mass is 10.0. The SMILES string of the molecule is O=C(O)CCCCCOc1ccccc1C(O)(O)N(C(=O)c1ccc2c(c1)CC(=O)N2)C1CC1. The van der Waals surface area contributed by atoms with E-state index in [1.807, 2.05) is 0 Å². The highest BCUT2D eigenvalue weighted by Crippen LogP contribution is 2.40. The number of hydrogen-bond donors (Lipinski definition) is 4. The minimum atomic E-state index is -2.61. The number of fused-ring (bicyclic) bond motifs is 1. The number of carboxylic acid groups (broad SMARTS) is 1. The van der Waals surface area contributed by atoms with E-state index in [1.54, 1.807) is 36.4 Å². The third-order valence-electron chi connectivity index (χ3n) is 5.98. The van der Waals surface area contributed by atoms with Gasteiger partial charge in [0, 0.05) is 23.7 Å². The summed E-state index contributed by atoms with van der Waals surface area (Å²) in [5, 5.41) is 34.0. The first-order valence-electron chi connectivity index (χ1n) is 11.4. The van der Waals surface area contributed by atoms with Crippen LogP contribution in [0, 0.1) is 0 Å². The molecule has 0 aromatic heterocycles. The molecule has 0 unspecified atom stereocenters. The fourth-order valence-electron chi connectivity index (χ4n) is 4.13. The normalized spacial score (nSPS) is 14.9. The number of amides is 2. The van der Waals surface area contributed by atoms with Gasteiger partial charge in [0.15, 0.2) is 0 Å². The van der Waals surface area contributed by atoms with Crippen LogP contribution in [0.5, 0.6) is 5.75 Å². The molecule has 180 valence electrons. The zero-order valence-electron chi connectivity index (χ0n) is 18.7. The van der Waals surface area contributed by atoms with Crippen LogP contribution in [0.2, 0.25) is 0 Å². The number of ether oxygens (including phenoxy) is 1. The largest absolute Gasteiger partial charge is 0.493 e. The lowest BCUT2D eigenvalue weighted by Crippen LogP contribution is -2.51. The summed E-state index contributed by atoms with van der Waals surface area (Å²) >= 11 is 0. The van der Waals surface area contributed by atoms with Crippen molar-refractivity contribution >= 4 is 23.5 Å². The number of carbonyl (C=O) groups excluding carboxylic acids is 2. The molecule has 1 fully saturated rings. The summed E-state index contributed by atoms with van der Waals surface area (Å²) in [6, 6.07) is 10.9. The Balaban J connectivity index is 1.52. The molecule has 2 aromatic rings. The van der Waals surface area contributed by atoms with Gasteiger partial charge >= 0.3 is 5.97 Å². The van der Waals surface area contributed by atoms with Crippen molar-refractivity contribution in [3.05, 3.63) is 59.2 Å². The number of benzene rings is 2. The summed E-state index contributed by atoms with van der Waals surface area (Å²) in [4.78, 5) is 36.8. The van der Waals surface area contributed by atoms with E-state index in [9.17, 15) is 24.6 Å². The molecule has 9 nitrogen and oxygen atoms in total. The molecule has 2 aromatic carbocycles. The Morgan fingerprint density at radius 3 is 2.59 bits per heavy atom. The number of carbonyl (C=O) groups is 3.